The van der Waals surface area contributed by atoms with Gasteiger partial charge in [-0.25, -0.2) is 16.8 Å². The molecule has 0 heterocycles. The Morgan fingerprint density at radius 1 is 0.760 bits per heavy atom. The molecular weight excluding hydrogens is 366 g/mol. The van der Waals surface area contributed by atoms with Crippen molar-refractivity contribution in [2.24, 2.45) is 0 Å². The van der Waals surface area contributed by atoms with Gasteiger partial charge in [-0.15, -0.1) is 0 Å². The molecule has 7 nitrogen and oxygen atoms in total. The van der Waals surface area contributed by atoms with E-state index in [1.54, 1.807) is 0 Å². The van der Waals surface area contributed by atoms with Crippen molar-refractivity contribution in [3.05, 3.63) is 29.3 Å². The van der Waals surface area contributed by atoms with Gasteiger partial charge in [0.05, 0.1) is 20.2 Å². The molecule has 0 bridgehead atoms. The predicted octanol–water partition coefficient (Wildman–Crippen LogP) is 1.76. The lowest BCUT2D eigenvalue weighted by atomic mass is 10.1. The average molecular weight is 392 g/mol. The second-order valence-corrected chi connectivity index (χ2v) is 9.32. The fraction of sp³-hybridized carbons (Fsp3) is 0.625. The van der Waals surface area contributed by atoms with E-state index in [9.17, 15) is 25.9 Å². The maximum absolute atomic E-state index is 10.7. The number of hydrogen-bond donors (Lipinski definition) is 0. The smallest absolute Gasteiger partial charge is 0.0945 e. The maximum Gasteiger partial charge on any atom is 0.0945 e. The Balaban J connectivity index is 2.69. The first-order chi connectivity index (χ1) is 11.5. The highest BCUT2D eigenvalue weighted by Crippen LogP contribution is 2.20. The van der Waals surface area contributed by atoms with E-state index in [-0.39, 0.29) is 24.3 Å². The number of aryl methyl sites for hydroxylation is 2. The van der Waals surface area contributed by atoms with Gasteiger partial charge in [0, 0.05) is 30.3 Å². The molecule has 0 aliphatic rings. The molecule has 0 atom stereocenters. The number of rotatable bonds is 11. The number of benzene rings is 1. The zero-order valence-corrected chi connectivity index (χ0v) is 16.2. The van der Waals surface area contributed by atoms with Gasteiger partial charge in [0.15, 0.2) is 0 Å². The van der Waals surface area contributed by atoms with Crippen LogP contribution in [0.1, 0.15) is 36.8 Å². The van der Waals surface area contributed by atoms with Crippen LogP contribution in [0.25, 0.3) is 0 Å². The van der Waals surface area contributed by atoms with Crippen LogP contribution in [0.4, 0.5) is 5.69 Å². The van der Waals surface area contributed by atoms with Crippen LogP contribution in [0, 0.1) is 13.8 Å². The molecular formula is C16H25NO6S2-2. The highest BCUT2D eigenvalue weighted by atomic mass is 32.2. The maximum atomic E-state index is 10.7. The van der Waals surface area contributed by atoms with E-state index in [1.165, 1.54) is 0 Å². The minimum Gasteiger partial charge on any atom is -0.748 e. The van der Waals surface area contributed by atoms with Crippen molar-refractivity contribution in [1.82, 2.24) is 0 Å². The minimum atomic E-state index is -4.21. The largest absolute Gasteiger partial charge is 0.748 e. The summed E-state index contributed by atoms with van der Waals surface area (Å²) in [5, 5.41) is 0. The summed E-state index contributed by atoms with van der Waals surface area (Å²) in [5.41, 5.74) is 3.14. The number of anilines is 1. The second-order valence-electron chi connectivity index (χ2n) is 6.27. The van der Waals surface area contributed by atoms with Gasteiger partial charge in [-0.2, -0.15) is 0 Å². The summed E-state index contributed by atoms with van der Waals surface area (Å²) in [4.78, 5) is 2.04. The zero-order valence-electron chi connectivity index (χ0n) is 14.6. The van der Waals surface area contributed by atoms with Crippen molar-refractivity contribution in [2.75, 3.05) is 29.5 Å². The van der Waals surface area contributed by atoms with E-state index in [1.807, 2.05) is 36.9 Å². The fourth-order valence-corrected chi connectivity index (χ4v) is 3.78. The summed E-state index contributed by atoms with van der Waals surface area (Å²) in [6.45, 7) is 5.07. The van der Waals surface area contributed by atoms with E-state index in [0.717, 1.165) is 16.8 Å². The Hall–Kier alpha value is -1.16. The quantitative estimate of drug-likeness (QED) is 0.416. The van der Waals surface area contributed by atoms with Gasteiger partial charge in [-0.3, -0.25) is 0 Å². The van der Waals surface area contributed by atoms with Crippen molar-refractivity contribution < 1.29 is 25.9 Å². The third-order valence-corrected chi connectivity index (χ3v) is 5.29. The van der Waals surface area contributed by atoms with Gasteiger partial charge in [0.25, 0.3) is 0 Å². The third-order valence-electron chi connectivity index (χ3n) is 3.72. The van der Waals surface area contributed by atoms with Crippen LogP contribution in [-0.2, 0) is 20.2 Å². The standard InChI is InChI=1S/C16H27NO6S2/c1-14-11-15(2)13-16(12-14)17(7-3-5-9-24(18,19)20)8-4-6-10-25(21,22)23/h11-13H,3-10H2,1-2H3,(H,18,19,20)(H,21,22,23)/p-2. The molecule has 0 saturated carbocycles. The van der Waals surface area contributed by atoms with E-state index >= 15 is 0 Å². The Bertz CT molecular complexity index is 699. The molecule has 0 aliphatic carbocycles. The summed E-state index contributed by atoms with van der Waals surface area (Å²) in [7, 11) is -8.41. The van der Waals surface area contributed by atoms with Gasteiger partial charge in [0.1, 0.15) is 0 Å². The van der Waals surface area contributed by atoms with Crippen LogP contribution in [0.3, 0.4) is 0 Å². The Morgan fingerprint density at radius 3 is 1.52 bits per heavy atom. The van der Waals surface area contributed by atoms with Crippen LogP contribution < -0.4 is 4.90 Å². The molecule has 0 fully saturated rings. The molecule has 0 N–H and O–H groups in total. The molecule has 0 aliphatic heterocycles. The lowest BCUT2D eigenvalue weighted by Crippen LogP contribution is -2.26. The summed E-state index contributed by atoms with van der Waals surface area (Å²) < 4.78 is 64.1. The van der Waals surface area contributed by atoms with Gasteiger partial charge in [0.2, 0.25) is 0 Å². The van der Waals surface area contributed by atoms with Crippen LogP contribution in [0.2, 0.25) is 0 Å². The molecule has 1 aromatic rings. The highest BCUT2D eigenvalue weighted by molar-refractivity contribution is 7.85. The number of hydrogen-bond acceptors (Lipinski definition) is 7. The highest BCUT2D eigenvalue weighted by Gasteiger charge is 2.09. The SMILES string of the molecule is Cc1cc(C)cc(N(CCCCS(=O)(=O)[O-])CCCCS(=O)(=O)[O-])c1. The Labute approximate surface area is 150 Å². The fourth-order valence-electron chi connectivity index (χ4n) is 2.67. The lowest BCUT2D eigenvalue weighted by molar-refractivity contribution is 0.459. The van der Waals surface area contributed by atoms with Crippen molar-refractivity contribution >= 4 is 25.9 Å². The summed E-state index contributed by atoms with van der Waals surface area (Å²) >= 11 is 0. The number of nitrogens with zero attached hydrogens (tertiary/aromatic N) is 1. The first-order valence-electron chi connectivity index (χ1n) is 8.17. The van der Waals surface area contributed by atoms with Gasteiger partial charge < -0.3 is 14.0 Å². The van der Waals surface area contributed by atoms with Crippen molar-refractivity contribution in [3.8, 4) is 0 Å². The minimum absolute atomic E-state index is 0.280. The molecule has 144 valence electrons. The molecule has 0 saturated heterocycles. The Kier molecular flexibility index (Phi) is 8.33. The molecule has 25 heavy (non-hydrogen) atoms. The van der Waals surface area contributed by atoms with Crippen molar-refractivity contribution in [1.29, 1.82) is 0 Å². The van der Waals surface area contributed by atoms with Gasteiger partial charge in [-0.1, -0.05) is 6.07 Å². The Morgan fingerprint density at radius 2 is 1.16 bits per heavy atom. The molecule has 1 aromatic carbocycles. The molecule has 0 radical (unpaired) electrons. The monoisotopic (exact) mass is 391 g/mol. The first kappa shape index (κ1) is 21.9. The van der Waals surface area contributed by atoms with E-state index in [0.29, 0.717) is 25.9 Å². The van der Waals surface area contributed by atoms with E-state index in [4.69, 9.17) is 0 Å². The molecule has 0 amide bonds. The van der Waals surface area contributed by atoms with Crippen LogP contribution in [0.5, 0.6) is 0 Å². The topological polar surface area (TPSA) is 118 Å². The second kappa shape index (κ2) is 9.51. The van der Waals surface area contributed by atoms with Gasteiger partial charge >= 0.3 is 0 Å². The van der Waals surface area contributed by atoms with Crippen molar-refractivity contribution in [3.63, 3.8) is 0 Å². The average Bonchev–Trinajstić information content (AvgIpc) is 2.42. The summed E-state index contributed by atoms with van der Waals surface area (Å²) in [6, 6.07) is 6.04. The van der Waals surface area contributed by atoms with Crippen LogP contribution in [-0.4, -0.2) is 50.5 Å². The molecule has 1 rings (SSSR count). The molecule has 0 spiro atoms. The summed E-state index contributed by atoms with van der Waals surface area (Å²) in [6.07, 6.45) is 1.63. The molecule has 9 heteroatoms. The summed E-state index contributed by atoms with van der Waals surface area (Å²) in [5.74, 6) is -0.774. The van der Waals surface area contributed by atoms with E-state index < -0.39 is 20.2 Å². The van der Waals surface area contributed by atoms with Gasteiger partial charge in [-0.05, 0) is 62.8 Å². The predicted molar refractivity (Wildman–Crippen MR) is 95.7 cm³/mol. The van der Waals surface area contributed by atoms with Crippen LogP contribution in [0.15, 0.2) is 18.2 Å². The lowest BCUT2D eigenvalue weighted by Gasteiger charge is -2.26. The molecule has 0 unspecified atom stereocenters. The first-order valence-corrected chi connectivity index (χ1v) is 11.3. The third kappa shape index (κ3) is 10.4. The normalized spacial score (nSPS) is 12.3. The number of unbranched alkanes of at least 4 members (excludes halogenated alkanes) is 2. The van der Waals surface area contributed by atoms with Crippen molar-refractivity contribution in [2.45, 2.75) is 39.5 Å². The zero-order chi connectivity index (χ0) is 19.1. The van der Waals surface area contributed by atoms with Crippen LogP contribution >= 0.6 is 0 Å². The van der Waals surface area contributed by atoms with E-state index in [2.05, 4.69) is 0 Å². The molecule has 0 aromatic heterocycles.